The predicted octanol–water partition coefficient (Wildman–Crippen LogP) is 4.74. The molecule has 2 heteroatoms. The van der Waals surface area contributed by atoms with Crippen molar-refractivity contribution in [3.8, 4) is 0 Å². The highest BCUT2D eigenvalue weighted by Gasteiger charge is 2.34. The van der Waals surface area contributed by atoms with E-state index in [-0.39, 0.29) is 0 Å². The van der Waals surface area contributed by atoms with Gasteiger partial charge in [0.25, 0.3) is 0 Å². The molecule has 0 N–H and O–H groups in total. The van der Waals surface area contributed by atoms with Crippen LogP contribution in [-0.2, 0) is 0 Å². The van der Waals surface area contributed by atoms with Crippen LogP contribution in [0.1, 0.15) is 70.6 Å². The first-order chi connectivity index (χ1) is 8.43. The van der Waals surface area contributed by atoms with Crippen LogP contribution in [0, 0.1) is 11.8 Å². The molecule has 0 spiro atoms. The fourth-order valence-corrected chi connectivity index (χ4v) is 4.12. The molecule has 0 aromatic carbocycles. The minimum absolute atomic E-state index is 0.599. The summed E-state index contributed by atoms with van der Waals surface area (Å²) in [7, 11) is 0. The van der Waals surface area contributed by atoms with Crippen LogP contribution in [0.4, 0.5) is 0 Å². The minimum Gasteiger partial charge on any atom is -0.190 e. The zero-order chi connectivity index (χ0) is 11.5. The number of hydrogen-bond donors (Lipinski definition) is 0. The molecule has 0 aromatic rings. The number of azo groups is 1. The maximum atomic E-state index is 4.64. The third-order valence-electron chi connectivity index (χ3n) is 5.23. The van der Waals surface area contributed by atoms with Crippen LogP contribution in [0.3, 0.4) is 0 Å². The first kappa shape index (κ1) is 11.7. The summed E-state index contributed by atoms with van der Waals surface area (Å²) in [4.78, 5) is 0. The molecule has 1 heterocycles. The Morgan fingerprint density at radius 1 is 0.529 bits per heavy atom. The molecule has 17 heavy (non-hydrogen) atoms. The van der Waals surface area contributed by atoms with Gasteiger partial charge in [0.2, 0.25) is 0 Å². The van der Waals surface area contributed by atoms with Gasteiger partial charge >= 0.3 is 0 Å². The predicted molar refractivity (Wildman–Crippen MR) is 70.2 cm³/mol. The molecule has 0 aromatic heterocycles. The molecular weight excluding hydrogens is 208 g/mol. The molecule has 2 atom stereocenters. The second kappa shape index (κ2) is 5.49. The van der Waals surface area contributed by atoms with E-state index < -0.39 is 0 Å². The normalized spacial score (nSPS) is 36.5. The van der Waals surface area contributed by atoms with E-state index in [0.717, 1.165) is 11.8 Å². The van der Waals surface area contributed by atoms with Crippen LogP contribution in [0.2, 0.25) is 0 Å². The molecule has 3 rings (SSSR count). The SMILES string of the molecule is C1CCC(C2CC(C3CCCCC3)N=N2)CC1. The third kappa shape index (κ3) is 2.71. The van der Waals surface area contributed by atoms with Crippen LogP contribution in [-0.4, -0.2) is 12.1 Å². The van der Waals surface area contributed by atoms with Crippen molar-refractivity contribution in [1.29, 1.82) is 0 Å². The lowest BCUT2D eigenvalue weighted by molar-refractivity contribution is 0.270. The molecular formula is C15H26N2. The second-order valence-corrected chi connectivity index (χ2v) is 6.40. The lowest BCUT2D eigenvalue weighted by Crippen LogP contribution is -2.25. The molecule has 0 bridgehead atoms. The van der Waals surface area contributed by atoms with Gasteiger partial charge in [-0.15, -0.1) is 0 Å². The average Bonchev–Trinajstić information content (AvgIpc) is 2.90. The van der Waals surface area contributed by atoms with Crippen molar-refractivity contribution in [3.63, 3.8) is 0 Å². The summed E-state index contributed by atoms with van der Waals surface area (Å²) in [6.07, 6.45) is 15.6. The van der Waals surface area contributed by atoms with Gasteiger partial charge in [-0.1, -0.05) is 38.5 Å². The van der Waals surface area contributed by atoms with Crippen LogP contribution in [0.5, 0.6) is 0 Å². The van der Waals surface area contributed by atoms with Crippen molar-refractivity contribution in [2.24, 2.45) is 22.1 Å². The van der Waals surface area contributed by atoms with Crippen molar-refractivity contribution in [1.82, 2.24) is 0 Å². The Balaban J connectivity index is 1.52. The summed E-state index contributed by atoms with van der Waals surface area (Å²) < 4.78 is 0. The molecule has 1 aliphatic heterocycles. The first-order valence-corrected chi connectivity index (χ1v) is 7.83. The van der Waals surface area contributed by atoms with Crippen molar-refractivity contribution in [2.45, 2.75) is 82.7 Å². The lowest BCUT2D eigenvalue weighted by atomic mass is 9.78. The summed E-state index contributed by atoms with van der Waals surface area (Å²) in [6.45, 7) is 0. The van der Waals surface area contributed by atoms with Gasteiger partial charge in [0.05, 0.1) is 12.1 Å². The van der Waals surface area contributed by atoms with E-state index in [1.165, 1.54) is 70.6 Å². The zero-order valence-electron chi connectivity index (χ0n) is 11.0. The van der Waals surface area contributed by atoms with E-state index in [0.29, 0.717) is 12.1 Å². The Hall–Kier alpha value is -0.400. The fraction of sp³-hybridized carbons (Fsp3) is 1.00. The minimum atomic E-state index is 0.599. The third-order valence-corrected chi connectivity index (χ3v) is 5.23. The highest BCUT2D eigenvalue weighted by atomic mass is 15.2. The Labute approximate surface area is 105 Å². The largest absolute Gasteiger partial charge is 0.190 e. The van der Waals surface area contributed by atoms with Crippen LogP contribution < -0.4 is 0 Å². The van der Waals surface area contributed by atoms with Gasteiger partial charge in [0.15, 0.2) is 0 Å². The molecule has 3 aliphatic rings. The number of rotatable bonds is 2. The van der Waals surface area contributed by atoms with Crippen molar-refractivity contribution < 1.29 is 0 Å². The number of nitrogens with zero attached hydrogens (tertiary/aromatic N) is 2. The lowest BCUT2D eigenvalue weighted by Gasteiger charge is -2.27. The van der Waals surface area contributed by atoms with E-state index in [2.05, 4.69) is 10.2 Å². The van der Waals surface area contributed by atoms with Crippen LogP contribution >= 0.6 is 0 Å². The van der Waals surface area contributed by atoms with Gasteiger partial charge in [-0.05, 0) is 43.9 Å². The molecule has 2 fully saturated rings. The first-order valence-electron chi connectivity index (χ1n) is 7.83. The molecule has 0 amide bonds. The van der Waals surface area contributed by atoms with Gasteiger partial charge < -0.3 is 0 Å². The smallest absolute Gasteiger partial charge is 0.0757 e. The Morgan fingerprint density at radius 2 is 0.941 bits per heavy atom. The second-order valence-electron chi connectivity index (χ2n) is 6.40. The van der Waals surface area contributed by atoms with Crippen molar-refractivity contribution in [3.05, 3.63) is 0 Å². The van der Waals surface area contributed by atoms with E-state index in [1.807, 2.05) is 0 Å². The Bertz CT molecular complexity index is 236. The van der Waals surface area contributed by atoms with Crippen molar-refractivity contribution >= 4 is 0 Å². The van der Waals surface area contributed by atoms with E-state index >= 15 is 0 Å². The maximum absolute atomic E-state index is 4.64. The highest BCUT2D eigenvalue weighted by molar-refractivity contribution is 4.90. The molecule has 0 saturated heterocycles. The summed E-state index contributed by atoms with van der Waals surface area (Å²) in [5.74, 6) is 1.75. The van der Waals surface area contributed by atoms with Gasteiger partial charge in [0, 0.05) is 0 Å². The monoisotopic (exact) mass is 234 g/mol. The zero-order valence-corrected chi connectivity index (χ0v) is 11.0. The van der Waals surface area contributed by atoms with E-state index in [4.69, 9.17) is 0 Å². The molecule has 2 nitrogen and oxygen atoms in total. The molecule has 2 aliphatic carbocycles. The Kier molecular flexibility index (Phi) is 3.77. The molecule has 96 valence electrons. The maximum Gasteiger partial charge on any atom is 0.0757 e. The molecule has 2 saturated carbocycles. The molecule has 2 unspecified atom stereocenters. The average molecular weight is 234 g/mol. The highest BCUT2D eigenvalue weighted by Crippen LogP contribution is 2.38. The van der Waals surface area contributed by atoms with E-state index in [1.54, 1.807) is 0 Å². The Morgan fingerprint density at radius 3 is 1.35 bits per heavy atom. The van der Waals surface area contributed by atoms with Gasteiger partial charge in [-0.25, -0.2) is 0 Å². The summed E-state index contributed by atoms with van der Waals surface area (Å²) in [6, 6.07) is 1.20. The topological polar surface area (TPSA) is 24.7 Å². The van der Waals surface area contributed by atoms with E-state index in [9.17, 15) is 0 Å². The van der Waals surface area contributed by atoms with Crippen molar-refractivity contribution in [2.75, 3.05) is 0 Å². The summed E-state index contributed by atoms with van der Waals surface area (Å²) >= 11 is 0. The van der Waals surface area contributed by atoms with Crippen LogP contribution in [0.15, 0.2) is 10.2 Å². The number of hydrogen-bond acceptors (Lipinski definition) is 2. The van der Waals surface area contributed by atoms with Gasteiger partial charge in [-0.3, -0.25) is 0 Å². The van der Waals surface area contributed by atoms with Gasteiger partial charge in [-0.2, -0.15) is 10.2 Å². The molecule has 0 radical (unpaired) electrons. The van der Waals surface area contributed by atoms with Gasteiger partial charge in [0.1, 0.15) is 0 Å². The summed E-state index contributed by atoms with van der Waals surface area (Å²) in [5, 5.41) is 9.28. The quantitative estimate of drug-likeness (QED) is 0.659. The fourth-order valence-electron chi connectivity index (χ4n) is 4.12. The summed E-state index contributed by atoms with van der Waals surface area (Å²) in [5.41, 5.74) is 0. The standard InChI is InChI=1S/C15H26N2/c1-3-7-12(8-4-1)14-11-15(17-16-14)13-9-5-2-6-10-13/h12-15H,1-11H2. The van der Waals surface area contributed by atoms with Crippen LogP contribution in [0.25, 0.3) is 0 Å².